The minimum absolute atomic E-state index is 0.643. The van der Waals surface area contributed by atoms with E-state index in [0.29, 0.717) is 5.92 Å². The van der Waals surface area contributed by atoms with Crippen molar-refractivity contribution in [3.05, 3.63) is 95.1 Å². The molecule has 2 aromatic rings. The van der Waals surface area contributed by atoms with E-state index in [1.54, 1.807) is 0 Å². The summed E-state index contributed by atoms with van der Waals surface area (Å²) in [4.78, 5) is 0. The Morgan fingerprint density at radius 1 is 0.750 bits per heavy atom. The molecule has 0 N–H and O–H groups in total. The Labute approximate surface area is 150 Å². The summed E-state index contributed by atoms with van der Waals surface area (Å²) in [5.41, 5.74) is 4.72. The maximum atomic E-state index is 4.27. The molecule has 0 bridgehead atoms. The van der Waals surface area contributed by atoms with Gasteiger partial charge in [0.2, 0.25) is 0 Å². The van der Waals surface area contributed by atoms with Crippen molar-refractivity contribution in [2.75, 3.05) is 0 Å². The van der Waals surface area contributed by atoms with Crippen molar-refractivity contribution < 1.29 is 0 Å². The normalized spacial score (nSPS) is 13.0. The summed E-state index contributed by atoms with van der Waals surface area (Å²) in [5, 5.41) is 0. The summed E-state index contributed by atoms with van der Waals surface area (Å²) < 4.78 is 0. The summed E-state index contributed by atoms with van der Waals surface area (Å²) in [6.07, 6.45) is 12.4. The smallest absolute Gasteiger partial charge is 0.0249 e. The van der Waals surface area contributed by atoms with E-state index in [4.69, 9.17) is 0 Å². The lowest BCUT2D eigenvalue weighted by molar-refractivity contribution is 0.658. The highest BCUT2D eigenvalue weighted by Gasteiger charge is 2.03. The highest BCUT2D eigenvalue weighted by atomic mass is 32.1. The average molecular weight is 330 g/mol. The molecule has 0 amide bonds. The van der Waals surface area contributed by atoms with Gasteiger partial charge in [-0.25, -0.2) is 0 Å². The molecule has 3 rings (SSSR count). The zero-order valence-electron chi connectivity index (χ0n) is 13.8. The molecule has 0 nitrogen and oxygen atoms in total. The quantitative estimate of drug-likeness (QED) is 0.537. The zero-order valence-corrected chi connectivity index (χ0v) is 14.7. The first-order valence-electron chi connectivity index (χ1n) is 8.49. The van der Waals surface area contributed by atoms with E-state index in [9.17, 15) is 0 Å². The van der Waals surface area contributed by atoms with Gasteiger partial charge < -0.3 is 0 Å². The highest BCUT2D eigenvalue weighted by Crippen LogP contribution is 2.17. The molecule has 0 spiro atoms. The third kappa shape index (κ3) is 4.91. The van der Waals surface area contributed by atoms with Crippen molar-refractivity contribution in [1.82, 2.24) is 0 Å². The second-order valence-electron chi connectivity index (χ2n) is 6.13. The molecule has 0 saturated carbocycles. The molecule has 24 heavy (non-hydrogen) atoms. The van der Waals surface area contributed by atoms with Crippen molar-refractivity contribution in [2.45, 2.75) is 25.0 Å². The highest BCUT2D eigenvalue weighted by molar-refractivity contribution is 7.79. The Balaban J connectivity index is 1.53. The van der Waals surface area contributed by atoms with Crippen molar-refractivity contribution >= 4 is 12.6 Å². The summed E-state index contributed by atoms with van der Waals surface area (Å²) in [5.74, 6) is 7.87. The predicted molar refractivity (Wildman–Crippen MR) is 106 cm³/mol. The van der Waals surface area contributed by atoms with Gasteiger partial charge in [-0.1, -0.05) is 60.4 Å². The summed E-state index contributed by atoms with van der Waals surface area (Å²) >= 11 is 4.27. The minimum atomic E-state index is 0.643. The van der Waals surface area contributed by atoms with E-state index in [2.05, 4.69) is 97.3 Å². The number of hydrogen-bond acceptors (Lipinski definition) is 1. The number of hydrogen-bond donors (Lipinski definition) is 1. The third-order valence-corrected chi connectivity index (χ3v) is 4.64. The molecule has 1 heteroatoms. The van der Waals surface area contributed by atoms with Crippen molar-refractivity contribution in [3.63, 3.8) is 0 Å². The Kier molecular flexibility index (Phi) is 5.99. The van der Waals surface area contributed by atoms with Crippen LogP contribution in [0.4, 0.5) is 0 Å². The molecule has 0 fully saturated rings. The Morgan fingerprint density at radius 3 is 1.83 bits per heavy atom. The molecule has 0 atom stereocenters. The minimum Gasteiger partial charge on any atom is -0.175 e. The lowest BCUT2D eigenvalue weighted by Gasteiger charge is -2.05. The number of benzene rings is 2. The van der Waals surface area contributed by atoms with E-state index < -0.39 is 0 Å². The average Bonchev–Trinajstić information content (AvgIpc) is 3.15. The van der Waals surface area contributed by atoms with Crippen LogP contribution in [0, 0.1) is 17.8 Å². The van der Waals surface area contributed by atoms with Crippen molar-refractivity contribution in [3.8, 4) is 11.8 Å². The van der Waals surface area contributed by atoms with Crippen LogP contribution >= 0.6 is 12.6 Å². The summed E-state index contributed by atoms with van der Waals surface area (Å²) in [6, 6.07) is 16.9. The lowest BCUT2D eigenvalue weighted by atomic mass is 10.0. The van der Waals surface area contributed by atoms with Crippen LogP contribution in [-0.4, -0.2) is 0 Å². The fraction of sp³-hybridized carbons (Fsp3) is 0.217. The van der Waals surface area contributed by atoms with Crippen molar-refractivity contribution in [2.24, 2.45) is 5.92 Å². The second kappa shape index (κ2) is 8.62. The largest absolute Gasteiger partial charge is 0.175 e. The fourth-order valence-electron chi connectivity index (χ4n) is 2.80. The molecule has 1 aliphatic carbocycles. The van der Waals surface area contributed by atoms with Crippen LogP contribution in [0.15, 0.2) is 72.8 Å². The van der Waals surface area contributed by atoms with Gasteiger partial charge in [0.15, 0.2) is 0 Å². The van der Waals surface area contributed by atoms with E-state index in [1.165, 1.54) is 24.0 Å². The summed E-state index contributed by atoms with van der Waals surface area (Å²) in [6.45, 7) is 0. The van der Waals surface area contributed by atoms with Gasteiger partial charge in [0.1, 0.15) is 0 Å². The maximum Gasteiger partial charge on any atom is 0.0249 e. The standard InChI is InChI=1S/C23H22S/c24-18-23-16-14-22(15-17-23)13-12-21-10-8-20(9-11-21)7-3-6-19-4-1-2-5-19/h1-2,4-5,8-11,14-17,19,24H,3,6-7,18H2. The topological polar surface area (TPSA) is 0 Å². The van der Waals surface area contributed by atoms with Gasteiger partial charge in [-0.05, 0) is 60.6 Å². The third-order valence-electron chi connectivity index (χ3n) is 4.27. The predicted octanol–water partition coefficient (Wildman–Crippen LogP) is 5.58. The Morgan fingerprint density at radius 2 is 1.29 bits per heavy atom. The van der Waals surface area contributed by atoms with E-state index in [-0.39, 0.29) is 0 Å². The maximum absolute atomic E-state index is 4.27. The first-order valence-corrected chi connectivity index (χ1v) is 9.12. The molecule has 120 valence electrons. The first-order chi connectivity index (χ1) is 11.8. The van der Waals surface area contributed by atoms with Crippen molar-refractivity contribution in [1.29, 1.82) is 0 Å². The van der Waals surface area contributed by atoms with E-state index in [0.717, 1.165) is 23.3 Å². The van der Waals surface area contributed by atoms with Gasteiger partial charge >= 0.3 is 0 Å². The van der Waals surface area contributed by atoms with Gasteiger partial charge in [0.25, 0.3) is 0 Å². The number of aryl methyl sites for hydroxylation is 1. The second-order valence-corrected chi connectivity index (χ2v) is 6.44. The molecule has 0 radical (unpaired) electrons. The van der Waals surface area contributed by atoms with Crippen LogP contribution in [0.1, 0.15) is 35.1 Å². The molecular weight excluding hydrogens is 308 g/mol. The van der Waals surface area contributed by atoms with E-state index >= 15 is 0 Å². The first kappa shape index (κ1) is 16.7. The van der Waals surface area contributed by atoms with Gasteiger partial charge in [0.05, 0.1) is 0 Å². The van der Waals surface area contributed by atoms with Gasteiger partial charge in [-0.3, -0.25) is 0 Å². The monoisotopic (exact) mass is 330 g/mol. The van der Waals surface area contributed by atoms with Crippen LogP contribution < -0.4 is 0 Å². The van der Waals surface area contributed by atoms with Crippen LogP contribution in [0.25, 0.3) is 0 Å². The molecule has 2 aromatic carbocycles. The molecule has 0 aromatic heterocycles. The molecule has 1 aliphatic rings. The zero-order chi connectivity index (χ0) is 16.6. The SMILES string of the molecule is SCc1ccc(C#Cc2ccc(CCCC3C=CC=C3)cc2)cc1. The van der Waals surface area contributed by atoms with Gasteiger partial charge in [-0.15, -0.1) is 0 Å². The lowest BCUT2D eigenvalue weighted by Crippen LogP contribution is -1.92. The van der Waals surface area contributed by atoms with Crippen LogP contribution in [0.5, 0.6) is 0 Å². The number of thiol groups is 1. The number of rotatable bonds is 5. The van der Waals surface area contributed by atoms with Gasteiger partial charge in [-0.2, -0.15) is 12.6 Å². The Bertz CT molecular complexity index is 756. The van der Waals surface area contributed by atoms with E-state index in [1.807, 2.05) is 0 Å². The molecule has 0 saturated heterocycles. The van der Waals surface area contributed by atoms with Crippen LogP contribution in [0.2, 0.25) is 0 Å². The van der Waals surface area contributed by atoms with Gasteiger partial charge in [0, 0.05) is 16.9 Å². The molecule has 0 heterocycles. The molecule has 0 unspecified atom stereocenters. The fourth-order valence-corrected chi connectivity index (χ4v) is 3.02. The number of allylic oxidation sites excluding steroid dienone is 4. The van der Waals surface area contributed by atoms with Crippen LogP contribution in [0.3, 0.4) is 0 Å². The Hall–Kier alpha value is -2.17. The molecular formula is C23H22S. The summed E-state index contributed by atoms with van der Waals surface area (Å²) in [7, 11) is 0. The molecule has 0 aliphatic heterocycles. The van der Waals surface area contributed by atoms with Crippen LogP contribution in [-0.2, 0) is 12.2 Å².